The maximum atomic E-state index is 10.9. The Labute approximate surface area is 78.7 Å². The molecule has 0 bridgehead atoms. The molecule has 0 saturated carbocycles. The number of imidazole rings is 1. The molecule has 0 aliphatic heterocycles. The first-order chi connectivity index (χ1) is 6.01. The third-order valence-corrected chi connectivity index (χ3v) is 2.76. The van der Waals surface area contributed by atoms with Crippen LogP contribution in [0.3, 0.4) is 0 Å². The van der Waals surface area contributed by atoms with Crippen LogP contribution >= 0.6 is 0 Å². The Balaban J connectivity index is 2.55. The second-order valence-electron chi connectivity index (χ2n) is 3.11. The minimum atomic E-state index is -2.85. The SMILES string of the molecule is CCn1cc[n+](CCS(C)(=O)=O)c1. The third kappa shape index (κ3) is 3.59. The van der Waals surface area contributed by atoms with Gasteiger partial charge in [0.05, 0.1) is 12.3 Å². The zero-order chi connectivity index (χ0) is 9.90. The summed E-state index contributed by atoms with van der Waals surface area (Å²) in [4.78, 5) is 0. The fourth-order valence-corrected chi connectivity index (χ4v) is 1.57. The van der Waals surface area contributed by atoms with Crippen molar-refractivity contribution in [2.24, 2.45) is 0 Å². The molecule has 0 aliphatic rings. The third-order valence-electron chi connectivity index (χ3n) is 1.83. The van der Waals surface area contributed by atoms with E-state index in [1.165, 1.54) is 6.26 Å². The van der Waals surface area contributed by atoms with E-state index in [-0.39, 0.29) is 5.75 Å². The van der Waals surface area contributed by atoms with Crippen molar-refractivity contribution in [3.8, 4) is 0 Å². The van der Waals surface area contributed by atoms with E-state index in [1.54, 1.807) is 0 Å². The van der Waals surface area contributed by atoms with Gasteiger partial charge in [0.2, 0.25) is 6.33 Å². The van der Waals surface area contributed by atoms with Gasteiger partial charge in [-0.1, -0.05) is 0 Å². The van der Waals surface area contributed by atoms with Crippen LogP contribution < -0.4 is 4.57 Å². The molecule has 0 atom stereocenters. The molecule has 0 amide bonds. The van der Waals surface area contributed by atoms with E-state index >= 15 is 0 Å². The first kappa shape index (κ1) is 10.2. The fourth-order valence-electron chi connectivity index (χ4n) is 1.03. The van der Waals surface area contributed by atoms with Crippen LogP contribution in [0.25, 0.3) is 0 Å². The highest BCUT2D eigenvalue weighted by atomic mass is 32.2. The molecule has 13 heavy (non-hydrogen) atoms. The monoisotopic (exact) mass is 203 g/mol. The van der Waals surface area contributed by atoms with Gasteiger partial charge >= 0.3 is 0 Å². The largest absolute Gasteiger partial charge is 0.243 e. The van der Waals surface area contributed by atoms with Crippen LogP contribution in [0.5, 0.6) is 0 Å². The smallest absolute Gasteiger partial charge is 0.237 e. The number of sulfone groups is 1. The van der Waals surface area contributed by atoms with Crippen LogP contribution in [0.15, 0.2) is 18.7 Å². The van der Waals surface area contributed by atoms with Crippen molar-refractivity contribution in [3.05, 3.63) is 18.7 Å². The molecule has 5 heteroatoms. The molecule has 4 nitrogen and oxygen atoms in total. The molecule has 0 aromatic carbocycles. The predicted octanol–water partition coefficient (Wildman–Crippen LogP) is -0.160. The maximum Gasteiger partial charge on any atom is 0.243 e. The van der Waals surface area contributed by atoms with Crippen molar-refractivity contribution in [2.75, 3.05) is 12.0 Å². The highest BCUT2D eigenvalue weighted by Gasteiger charge is 2.06. The van der Waals surface area contributed by atoms with Gasteiger partial charge in [-0.15, -0.1) is 0 Å². The zero-order valence-electron chi connectivity index (χ0n) is 7.97. The van der Waals surface area contributed by atoms with E-state index in [0.29, 0.717) is 6.54 Å². The zero-order valence-corrected chi connectivity index (χ0v) is 8.79. The summed E-state index contributed by atoms with van der Waals surface area (Å²) in [5.41, 5.74) is 0. The number of nitrogens with zero attached hydrogens (tertiary/aromatic N) is 2. The van der Waals surface area contributed by atoms with Crippen molar-refractivity contribution in [1.29, 1.82) is 0 Å². The van der Waals surface area contributed by atoms with Gasteiger partial charge in [0.25, 0.3) is 0 Å². The van der Waals surface area contributed by atoms with Crippen LogP contribution in [0.1, 0.15) is 6.92 Å². The number of hydrogen-bond donors (Lipinski definition) is 0. The predicted molar refractivity (Wildman–Crippen MR) is 50.0 cm³/mol. The number of aromatic nitrogens is 2. The van der Waals surface area contributed by atoms with Crippen molar-refractivity contribution >= 4 is 9.84 Å². The Morgan fingerprint density at radius 2 is 2.15 bits per heavy atom. The van der Waals surface area contributed by atoms with Crippen molar-refractivity contribution < 1.29 is 13.0 Å². The van der Waals surface area contributed by atoms with Crippen LogP contribution in [0.2, 0.25) is 0 Å². The molecular weight excluding hydrogens is 188 g/mol. The van der Waals surface area contributed by atoms with Gasteiger partial charge in [0.1, 0.15) is 18.9 Å². The van der Waals surface area contributed by atoms with Crippen molar-refractivity contribution in [1.82, 2.24) is 4.57 Å². The summed E-state index contributed by atoms with van der Waals surface area (Å²) in [5.74, 6) is 0.200. The van der Waals surface area contributed by atoms with Gasteiger partial charge in [-0.25, -0.2) is 17.6 Å². The maximum absolute atomic E-state index is 10.9. The Morgan fingerprint density at radius 1 is 1.46 bits per heavy atom. The summed E-state index contributed by atoms with van der Waals surface area (Å²) in [5, 5.41) is 0. The minimum absolute atomic E-state index is 0.200. The molecule has 0 N–H and O–H groups in total. The van der Waals surface area contributed by atoms with E-state index < -0.39 is 9.84 Å². The number of aryl methyl sites for hydroxylation is 2. The summed E-state index contributed by atoms with van der Waals surface area (Å²) in [6.45, 7) is 3.48. The molecule has 1 heterocycles. The van der Waals surface area contributed by atoms with Gasteiger partial charge in [0, 0.05) is 6.26 Å². The van der Waals surface area contributed by atoms with Gasteiger partial charge in [-0.3, -0.25) is 0 Å². The van der Waals surface area contributed by atoms with Crippen molar-refractivity contribution in [2.45, 2.75) is 20.0 Å². The van der Waals surface area contributed by atoms with E-state index in [0.717, 1.165) is 6.54 Å². The summed E-state index contributed by atoms with van der Waals surface area (Å²) in [6, 6.07) is 0. The lowest BCUT2D eigenvalue weighted by Gasteiger charge is -1.94. The summed E-state index contributed by atoms with van der Waals surface area (Å²) in [7, 11) is -2.85. The molecule has 0 radical (unpaired) electrons. The van der Waals surface area contributed by atoms with Crippen LogP contribution in [0, 0.1) is 0 Å². The van der Waals surface area contributed by atoms with Gasteiger partial charge in [-0.2, -0.15) is 0 Å². The lowest BCUT2D eigenvalue weighted by atomic mass is 10.7. The van der Waals surface area contributed by atoms with Crippen LogP contribution in [-0.4, -0.2) is 25.0 Å². The van der Waals surface area contributed by atoms with Crippen molar-refractivity contribution in [3.63, 3.8) is 0 Å². The van der Waals surface area contributed by atoms with Crippen LogP contribution in [-0.2, 0) is 22.9 Å². The van der Waals surface area contributed by atoms with E-state index in [2.05, 4.69) is 0 Å². The average Bonchev–Trinajstić information content (AvgIpc) is 2.47. The van der Waals surface area contributed by atoms with Gasteiger partial charge < -0.3 is 0 Å². The number of hydrogen-bond acceptors (Lipinski definition) is 2. The molecule has 0 unspecified atom stereocenters. The molecular formula is C8H15N2O2S+. The molecule has 0 fully saturated rings. The van der Waals surface area contributed by atoms with E-state index in [4.69, 9.17) is 0 Å². The molecule has 1 rings (SSSR count). The number of rotatable bonds is 4. The molecule has 0 saturated heterocycles. The summed E-state index contributed by atoms with van der Waals surface area (Å²) in [6.07, 6.45) is 6.98. The first-order valence-electron chi connectivity index (χ1n) is 4.24. The summed E-state index contributed by atoms with van der Waals surface area (Å²) >= 11 is 0. The van der Waals surface area contributed by atoms with E-state index in [1.807, 2.05) is 34.8 Å². The molecule has 1 aromatic heterocycles. The molecule has 1 aromatic rings. The topological polar surface area (TPSA) is 43.0 Å². The Kier molecular flexibility index (Phi) is 3.08. The second-order valence-corrected chi connectivity index (χ2v) is 5.37. The Morgan fingerprint density at radius 3 is 2.62 bits per heavy atom. The second kappa shape index (κ2) is 3.91. The molecule has 0 spiro atoms. The molecule has 0 aliphatic carbocycles. The highest BCUT2D eigenvalue weighted by molar-refractivity contribution is 7.90. The Bertz CT molecular complexity index is 367. The lowest BCUT2D eigenvalue weighted by Crippen LogP contribution is -2.34. The van der Waals surface area contributed by atoms with E-state index in [9.17, 15) is 8.42 Å². The highest BCUT2D eigenvalue weighted by Crippen LogP contribution is 1.85. The Hall–Kier alpha value is -0.840. The summed E-state index contributed by atoms with van der Waals surface area (Å²) < 4.78 is 25.6. The quantitative estimate of drug-likeness (QED) is 0.638. The standard InChI is InChI=1S/C8H15N2O2S/c1-3-9-4-5-10(8-9)6-7-13(2,11)12/h4-5,8H,3,6-7H2,1-2H3/q+1. The minimum Gasteiger partial charge on any atom is -0.237 e. The first-order valence-corrected chi connectivity index (χ1v) is 6.30. The average molecular weight is 203 g/mol. The van der Waals surface area contributed by atoms with Gasteiger partial charge in [0.15, 0.2) is 9.84 Å². The van der Waals surface area contributed by atoms with Gasteiger partial charge in [-0.05, 0) is 6.92 Å². The molecule has 74 valence electrons. The van der Waals surface area contributed by atoms with Crippen LogP contribution in [0.4, 0.5) is 0 Å². The lowest BCUT2D eigenvalue weighted by molar-refractivity contribution is -0.692. The fraction of sp³-hybridized carbons (Fsp3) is 0.625. The normalized spacial score (nSPS) is 11.8.